The van der Waals surface area contributed by atoms with Crippen molar-refractivity contribution in [2.75, 3.05) is 0 Å². The highest BCUT2D eigenvalue weighted by atomic mass is 16.1. The van der Waals surface area contributed by atoms with Crippen LogP contribution in [0.25, 0.3) is 0 Å². The lowest BCUT2D eigenvalue weighted by atomic mass is 9.44. The van der Waals surface area contributed by atoms with E-state index in [1.54, 1.807) is 0 Å². The Balaban J connectivity index is 1.98. The number of carbonyl (C=O) groups excluding carboxylic acids is 1. The second-order valence-electron chi connectivity index (χ2n) is 5.32. The summed E-state index contributed by atoms with van der Waals surface area (Å²) in [5, 5.41) is 0. The van der Waals surface area contributed by atoms with Crippen LogP contribution in [0, 0.1) is 23.2 Å². The molecule has 13 heavy (non-hydrogen) atoms. The van der Waals surface area contributed by atoms with Crippen LogP contribution in [0.5, 0.6) is 0 Å². The van der Waals surface area contributed by atoms with E-state index in [1.165, 1.54) is 32.1 Å². The number of ketones is 1. The predicted octanol–water partition coefficient (Wildman–Crippen LogP) is 2.79. The molecule has 0 saturated heterocycles. The van der Waals surface area contributed by atoms with E-state index in [0.717, 1.165) is 24.2 Å². The molecule has 1 heteroatoms. The molecule has 0 amide bonds. The van der Waals surface area contributed by atoms with Gasteiger partial charge in [0.2, 0.25) is 0 Å². The summed E-state index contributed by atoms with van der Waals surface area (Å²) in [7, 11) is 0. The molecule has 1 spiro atoms. The van der Waals surface area contributed by atoms with Crippen molar-refractivity contribution in [2.24, 2.45) is 23.2 Å². The number of rotatable bonds is 0. The molecule has 1 nitrogen and oxygen atoms in total. The lowest BCUT2D eigenvalue weighted by Gasteiger charge is -2.59. The maximum atomic E-state index is 12.0. The molecule has 0 aliphatic heterocycles. The Labute approximate surface area is 79.9 Å². The van der Waals surface area contributed by atoms with Crippen LogP contribution in [0.3, 0.4) is 0 Å². The highest BCUT2D eigenvalue weighted by Gasteiger charge is 2.65. The van der Waals surface area contributed by atoms with Crippen molar-refractivity contribution in [2.45, 2.75) is 45.4 Å². The topological polar surface area (TPSA) is 17.1 Å². The van der Waals surface area contributed by atoms with Crippen molar-refractivity contribution in [3.8, 4) is 0 Å². The van der Waals surface area contributed by atoms with E-state index in [4.69, 9.17) is 0 Å². The summed E-state index contributed by atoms with van der Waals surface area (Å²) in [6, 6.07) is 0. The molecule has 0 N–H and O–H groups in total. The third-order valence-electron chi connectivity index (χ3n) is 5.14. The van der Waals surface area contributed by atoms with Gasteiger partial charge in [-0.3, -0.25) is 4.79 Å². The third kappa shape index (κ3) is 0.730. The molecule has 3 saturated carbocycles. The van der Waals surface area contributed by atoms with E-state index in [9.17, 15) is 4.79 Å². The van der Waals surface area contributed by atoms with Crippen molar-refractivity contribution in [1.82, 2.24) is 0 Å². The predicted molar refractivity (Wildman–Crippen MR) is 51.3 cm³/mol. The van der Waals surface area contributed by atoms with Crippen LogP contribution in [-0.2, 0) is 4.79 Å². The minimum Gasteiger partial charge on any atom is -0.299 e. The maximum Gasteiger partial charge on any atom is 0.139 e. The quantitative estimate of drug-likeness (QED) is 0.557. The van der Waals surface area contributed by atoms with Crippen LogP contribution in [0.1, 0.15) is 45.4 Å². The molecule has 0 aromatic heterocycles. The van der Waals surface area contributed by atoms with Crippen molar-refractivity contribution in [3.63, 3.8) is 0 Å². The fourth-order valence-corrected chi connectivity index (χ4v) is 4.67. The Morgan fingerprint density at radius 1 is 1.23 bits per heavy atom. The first-order valence-electron chi connectivity index (χ1n) is 5.80. The van der Waals surface area contributed by atoms with Crippen molar-refractivity contribution in [1.29, 1.82) is 0 Å². The molecule has 3 rings (SSSR count). The highest BCUT2D eigenvalue weighted by molar-refractivity contribution is 5.88. The van der Waals surface area contributed by atoms with Crippen LogP contribution in [0.2, 0.25) is 0 Å². The van der Waals surface area contributed by atoms with Gasteiger partial charge in [0, 0.05) is 11.8 Å². The smallest absolute Gasteiger partial charge is 0.139 e. The van der Waals surface area contributed by atoms with Gasteiger partial charge in [0.25, 0.3) is 0 Å². The number of hydrogen-bond acceptors (Lipinski definition) is 1. The van der Waals surface area contributed by atoms with Gasteiger partial charge in [-0.2, -0.15) is 0 Å². The molecular formula is C12H18O. The van der Waals surface area contributed by atoms with Gasteiger partial charge >= 0.3 is 0 Å². The van der Waals surface area contributed by atoms with E-state index >= 15 is 0 Å². The molecule has 0 aromatic carbocycles. The molecule has 0 aromatic rings. The molecule has 4 atom stereocenters. The molecule has 0 bridgehead atoms. The molecule has 3 aliphatic rings. The molecule has 0 heterocycles. The maximum absolute atomic E-state index is 12.0. The first-order chi connectivity index (χ1) is 6.27. The van der Waals surface area contributed by atoms with E-state index in [-0.39, 0.29) is 5.41 Å². The van der Waals surface area contributed by atoms with E-state index in [1.807, 2.05) is 0 Å². The second kappa shape index (κ2) is 2.37. The van der Waals surface area contributed by atoms with E-state index in [0.29, 0.717) is 5.78 Å². The Morgan fingerprint density at radius 2 is 1.92 bits per heavy atom. The van der Waals surface area contributed by atoms with Crippen molar-refractivity contribution in [3.05, 3.63) is 0 Å². The largest absolute Gasteiger partial charge is 0.299 e. The zero-order valence-corrected chi connectivity index (χ0v) is 8.38. The molecule has 72 valence electrons. The van der Waals surface area contributed by atoms with Gasteiger partial charge in [0.15, 0.2) is 0 Å². The Hall–Kier alpha value is -0.330. The molecule has 0 unspecified atom stereocenters. The lowest BCUT2D eigenvalue weighted by Crippen LogP contribution is -2.59. The van der Waals surface area contributed by atoms with Crippen molar-refractivity contribution >= 4 is 5.78 Å². The summed E-state index contributed by atoms with van der Waals surface area (Å²) in [5.41, 5.74) is 0.220. The van der Waals surface area contributed by atoms with Gasteiger partial charge in [0.1, 0.15) is 5.78 Å². The summed E-state index contributed by atoms with van der Waals surface area (Å²) in [6.07, 6.45) is 7.28. The standard InChI is InChI=1S/C12H18O/c1-8-9-4-2-6-11(13)12(9)7-3-5-10(8)12/h8-10H,2-7H2,1H3/t8-,9+,10+,12-/m0/s1. The second-order valence-corrected chi connectivity index (χ2v) is 5.32. The summed E-state index contributed by atoms with van der Waals surface area (Å²) in [6.45, 7) is 2.37. The van der Waals surface area contributed by atoms with Crippen molar-refractivity contribution < 1.29 is 4.79 Å². The zero-order valence-electron chi connectivity index (χ0n) is 8.38. The Kier molecular flexibility index (Phi) is 1.46. The van der Waals surface area contributed by atoms with Crippen LogP contribution in [0.15, 0.2) is 0 Å². The summed E-state index contributed by atoms with van der Waals surface area (Å²) < 4.78 is 0. The fourth-order valence-electron chi connectivity index (χ4n) is 4.67. The van der Waals surface area contributed by atoms with Gasteiger partial charge < -0.3 is 0 Å². The van der Waals surface area contributed by atoms with E-state index in [2.05, 4.69) is 6.92 Å². The van der Waals surface area contributed by atoms with Gasteiger partial charge in [-0.1, -0.05) is 13.3 Å². The first kappa shape index (κ1) is 8.02. The summed E-state index contributed by atoms with van der Waals surface area (Å²) in [5.74, 6) is 3.04. The normalized spacial score (nSPS) is 53.9. The van der Waals surface area contributed by atoms with Gasteiger partial charge in [0.05, 0.1) is 0 Å². The number of carbonyl (C=O) groups is 1. The lowest BCUT2D eigenvalue weighted by molar-refractivity contribution is -0.164. The molecular weight excluding hydrogens is 160 g/mol. The Morgan fingerprint density at radius 3 is 2.69 bits per heavy atom. The van der Waals surface area contributed by atoms with Crippen LogP contribution < -0.4 is 0 Å². The van der Waals surface area contributed by atoms with Crippen LogP contribution in [-0.4, -0.2) is 5.78 Å². The summed E-state index contributed by atoms with van der Waals surface area (Å²) >= 11 is 0. The number of Topliss-reactive ketones (excluding diaryl/α,β-unsaturated/α-hetero) is 1. The van der Waals surface area contributed by atoms with Gasteiger partial charge in [-0.25, -0.2) is 0 Å². The highest BCUT2D eigenvalue weighted by Crippen LogP contribution is 2.68. The minimum absolute atomic E-state index is 0.220. The van der Waals surface area contributed by atoms with Gasteiger partial charge in [-0.05, 0) is 43.4 Å². The fraction of sp³-hybridized carbons (Fsp3) is 0.917. The Bertz CT molecular complexity index is 258. The summed E-state index contributed by atoms with van der Waals surface area (Å²) in [4.78, 5) is 12.0. The number of hydrogen-bond donors (Lipinski definition) is 0. The SMILES string of the molecule is C[C@H]1[C@H]2CCCC(=O)[C@@]23CCC[C@H]13. The average molecular weight is 178 g/mol. The zero-order chi connectivity index (χ0) is 9.05. The average Bonchev–Trinajstić information content (AvgIpc) is 2.50. The third-order valence-corrected chi connectivity index (χ3v) is 5.14. The van der Waals surface area contributed by atoms with Crippen LogP contribution in [0.4, 0.5) is 0 Å². The monoisotopic (exact) mass is 178 g/mol. The molecule has 3 fully saturated rings. The molecule has 0 radical (unpaired) electrons. The molecule has 3 aliphatic carbocycles. The minimum atomic E-state index is 0.220. The van der Waals surface area contributed by atoms with Crippen LogP contribution >= 0.6 is 0 Å². The van der Waals surface area contributed by atoms with Gasteiger partial charge in [-0.15, -0.1) is 0 Å². The first-order valence-corrected chi connectivity index (χ1v) is 5.80. The van der Waals surface area contributed by atoms with E-state index < -0.39 is 0 Å².